The van der Waals surface area contributed by atoms with E-state index in [9.17, 15) is 8.42 Å². The van der Waals surface area contributed by atoms with Gasteiger partial charge in [-0.1, -0.05) is 18.5 Å². The Labute approximate surface area is 125 Å². The molecule has 5 nitrogen and oxygen atoms in total. The number of methoxy groups -OCH3 is 1. The van der Waals surface area contributed by atoms with Crippen molar-refractivity contribution in [2.45, 2.75) is 37.1 Å². The zero-order chi connectivity index (χ0) is 15.4. The van der Waals surface area contributed by atoms with E-state index >= 15 is 0 Å². The van der Waals surface area contributed by atoms with Crippen molar-refractivity contribution in [3.63, 3.8) is 0 Å². The van der Waals surface area contributed by atoms with Gasteiger partial charge in [-0.2, -0.15) is 0 Å². The molecule has 0 saturated heterocycles. The molecule has 0 saturated carbocycles. The molecule has 20 heavy (non-hydrogen) atoms. The quantitative estimate of drug-likeness (QED) is 0.807. The summed E-state index contributed by atoms with van der Waals surface area (Å²) in [5.74, 6) is 0.416. The predicted molar refractivity (Wildman–Crippen MR) is 78.7 cm³/mol. The van der Waals surface area contributed by atoms with Gasteiger partial charge in [0.2, 0.25) is 10.0 Å². The van der Waals surface area contributed by atoms with E-state index in [0.29, 0.717) is 18.6 Å². The number of rotatable bonds is 7. The van der Waals surface area contributed by atoms with E-state index in [4.69, 9.17) is 21.4 Å². The Morgan fingerprint density at radius 1 is 1.45 bits per heavy atom. The summed E-state index contributed by atoms with van der Waals surface area (Å²) in [4.78, 5) is 0.0703. The number of halogens is 1. The minimum atomic E-state index is -3.70. The van der Waals surface area contributed by atoms with Crippen molar-refractivity contribution < 1.29 is 18.3 Å². The summed E-state index contributed by atoms with van der Waals surface area (Å²) < 4.78 is 32.3. The van der Waals surface area contributed by atoms with Gasteiger partial charge < -0.3 is 9.84 Å². The van der Waals surface area contributed by atoms with E-state index in [1.165, 1.54) is 25.3 Å². The van der Waals surface area contributed by atoms with Crippen LogP contribution in [0.2, 0.25) is 5.02 Å². The van der Waals surface area contributed by atoms with E-state index in [1.807, 2.05) is 6.92 Å². The van der Waals surface area contributed by atoms with Crippen LogP contribution in [0, 0.1) is 0 Å². The molecule has 2 N–H and O–H groups in total. The lowest BCUT2D eigenvalue weighted by Gasteiger charge is -2.28. The fraction of sp³-hybridized carbons (Fsp3) is 0.538. The Hall–Kier alpha value is -0.820. The number of aliphatic hydroxyl groups excluding tert-OH is 1. The van der Waals surface area contributed by atoms with E-state index in [1.54, 1.807) is 6.92 Å². The van der Waals surface area contributed by atoms with Crippen LogP contribution >= 0.6 is 11.6 Å². The molecule has 1 unspecified atom stereocenters. The summed E-state index contributed by atoms with van der Waals surface area (Å²) >= 11 is 5.94. The van der Waals surface area contributed by atoms with Gasteiger partial charge in [-0.05, 0) is 38.0 Å². The normalized spacial score (nSPS) is 14.8. The average Bonchev–Trinajstić information content (AvgIpc) is 2.38. The molecule has 0 amide bonds. The second kappa shape index (κ2) is 6.76. The molecule has 1 aromatic rings. The van der Waals surface area contributed by atoms with Crippen LogP contribution in [0.5, 0.6) is 5.75 Å². The van der Waals surface area contributed by atoms with Crippen LogP contribution in [0.25, 0.3) is 0 Å². The number of aliphatic hydroxyl groups is 1. The third-order valence-electron chi connectivity index (χ3n) is 3.26. The van der Waals surface area contributed by atoms with E-state index < -0.39 is 15.6 Å². The molecule has 1 aromatic carbocycles. The molecule has 0 aromatic heterocycles. The van der Waals surface area contributed by atoms with Crippen molar-refractivity contribution in [1.29, 1.82) is 0 Å². The zero-order valence-corrected chi connectivity index (χ0v) is 13.4. The number of ether oxygens (including phenoxy) is 1. The van der Waals surface area contributed by atoms with Crippen molar-refractivity contribution in [3.8, 4) is 5.75 Å². The maximum atomic E-state index is 12.3. The van der Waals surface area contributed by atoms with Crippen LogP contribution in [0.15, 0.2) is 23.1 Å². The van der Waals surface area contributed by atoms with Crippen LogP contribution < -0.4 is 9.46 Å². The monoisotopic (exact) mass is 321 g/mol. The first kappa shape index (κ1) is 17.2. The van der Waals surface area contributed by atoms with Gasteiger partial charge in [-0.25, -0.2) is 13.1 Å². The van der Waals surface area contributed by atoms with E-state index in [2.05, 4.69) is 4.72 Å². The first-order chi connectivity index (χ1) is 9.28. The molecule has 0 fully saturated rings. The Morgan fingerprint density at radius 3 is 2.55 bits per heavy atom. The van der Waals surface area contributed by atoms with Gasteiger partial charge in [-0.15, -0.1) is 0 Å². The second-order valence-corrected chi connectivity index (χ2v) is 6.88. The van der Waals surface area contributed by atoms with Gasteiger partial charge in [0.25, 0.3) is 0 Å². The van der Waals surface area contributed by atoms with Crippen LogP contribution in [-0.4, -0.2) is 32.8 Å². The van der Waals surface area contributed by atoms with Gasteiger partial charge >= 0.3 is 0 Å². The van der Waals surface area contributed by atoms with Crippen LogP contribution in [-0.2, 0) is 10.0 Å². The summed E-state index contributed by atoms with van der Waals surface area (Å²) in [7, 11) is -2.24. The molecule has 0 aliphatic heterocycles. The molecule has 0 aliphatic carbocycles. The van der Waals surface area contributed by atoms with Crippen molar-refractivity contribution >= 4 is 21.6 Å². The number of benzene rings is 1. The fourth-order valence-corrected chi connectivity index (χ4v) is 3.60. The number of nitrogens with one attached hydrogen (secondary N) is 1. The molecule has 0 aliphatic rings. The van der Waals surface area contributed by atoms with Gasteiger partial charge in [-0.3, -0.25) is 0 Å². The van der Waals surface area contributed by atoms with Crippen molar-refractivity contribution in [1.82, 2.24) is 4.72 Å². The largest absolute Gasteiger partial charge is 0.495 e. The summed E-state index contributed by atoms with van der Waals surface area (Å²) in [5.41, 5.74) is -0.694. The highest BCUT2D eigenvalue weighted by atomic mass is 35.5. The highest BCUT2D eigenvalue weighted by Crippen LogP contribution is 2.28. The average molecular weight is 322 g/mol. The SMILES string of the molecule is CCC(C)(CCO)NS(=O)(=O)c1ccc(OC)c(Cl)c1. The summed E-state index contributed by atoms with van der Waals surface area (Å²) in [5, 5.41) is 9.27. The van der Waals surface area contributed by atoms with E-state index in [0.717, 1.165) is 0 Å². The molecule has 0 radical (unpaired) electrons. The van der Waals surface area contributed by atoms with Crippen molar-refractivity contribution in [3.05, 3.63) is 23.2 Å². The standard InChI is InChI=1S/C13H20ClNO4S/c1-4-13(2,7-8-16)15-20(17,18)10-5-6-12(19-3)11(14)9-10/h5-6,9,15-16H,4,7-8H2,1-3H3. The molecule has 7 heteroatoms. The molecule has 1 rings (SSSR count). The Balaban J connectivity index is 3.08. The summed E-state index contributed by atoms with van der Waals surface area (Å²) in [6.45, 7) is 3.53. The summed E-state index contributed by atoms with van der Waals surface area (Å²) in [6.07, 6.45) is 0.906. The van der Waals surface area contributed by atoms with Gasteiger partial charge in [0.15, 0.2) is 0 Å². The van der Waals surface area contributed by atoms with Crippen LogP contribution in [0.3, 0.4) is 0 Å². The Bertz CT molecular complexity index is 561. The Kier molecular flexibility index (Phi) is 5.82. The smallest absolute Gasteiger partial charge is 0.241 e. The van der Waals surface area contributed by atoms with E-state index in [-0.39, 0.29) is 16.5 Å². The van der Waals surface area contributed by atoms with Gasteiger partial charge in [0.05, 0.1) is 17.0 Å². The van der Waals surface area contributed by atoms with Crippen molar-refractivity contribution in [2.24, 2.45) is 0 Å². The van der Waals surface area contributed by atoms with Crippen LogP contribution in [0.4, 0.5) is 0 Å². The molecular formula is C13H20ClNO4S. The molecule has 1 atom stereocenters. The first-order valence-corrected chi connectivity index (χ1v) is 8.12. The minimum absolute atomic E-state index is 0.0703. The number of sulfonamides is 1. The highest BCUT2D eigenvalue weighted by Gasteiger charge is 2.28. The topological polar surface area (TPSA) is 75.6 Å². The second-order valence-electron chi connectivity index (χ2n) is 4.79. The van der Waals surface area contributed by atoms with Crippen LogP contribution in [0.1, 0.15) is 26.7 Å². The maximum Gasteiger partial charge on any atom is 0.241 e. The van der Waals surface area contributed by atoms with Crippen molar-refractivity contribution in [2.75, 3.05) is 13.7 Å². The first-order valence-electron chi connectivity index (χ1n) is 6.26. The Morgan fingerprint density at radius 2 is 2.10 bits per heavy atom. The lowest BCUT2D eigenvalue weighted by atomic mass is 9.97. The summed E-state index contributed by atoms with van der Waals surface area (Å²) in [6, 6.07) is 4.28. The zero-order valence-electron chi connectivity index (χ0n) is 11.8. The predicted octanol–water partition coefficient (Wildman–Crippen LogP) is 2.18. The molecule has 114 valence electrons. The minimum Gasteiger partial charge on any atom is -0.495 e. The molecule has 0 heterocycles. The number of hydrogen-bond donors (Lipinski definition) is 2. The maximum absolute atomic E-state index is 12.3. The lowest BCUT2D eigenvalue weighted by molar-refractivity contribution is 0.233. The molecular weight excluding hydrogens is 302 g/mol. The third kappa shape index (κ3) is 4.09. The molecule has 0 spiro atoms. The molecule has 0 bridgehead atoms. The highest BCUT2D eigenvalue weighted by molar-refractivity contribution is 7.89. The van der Waals surface area contributed by atoms with Gasteiger partial charge in [0, 0.05) is 12.1 Å². The number of hydrogen-bond acceptors (Lipinski definition) is 4. The fourth-order valence-electron chi connectivity index (χ4n) is 1.74. The third-order valence-corrected chi connectivity index (χ3v) is 5.19. The lowest BCUT2D eigenvalue weighted by Crippen LogP contribution is -2.46. The van der Waals surface area contributed by atoms with Gasteiger partial charge in [0.1, 0.15) is 5.75 Å².